The van der Waals surface area contributed by atoms with Crippen molar-refractivity contribution in [2.45, 2.75) is 6.18 Å². The van der Waals surface area contributed by atoms with Crippen molar-refractivity contribution in [1.29, 1.82) is 0 Å². The first-order chi connectivity index (χ1) is 9.47. The Bertz CT molecular complexity index is 779. The summed E-state index contributed by atoms with van der Waals surface area (Å²) in [7, 11) is 0. The summed E-state index contributed by atoms with van der Waals surface area (Å²) in [5.74, 6) is -0.156. The van der Waals surface area contributed by atoms with Gasteiger partial charge >= 0.3 is 6.18 Å². The lowest BCUT2D eigenvalue weighted by molar-refractivity contribution is -0.137. The molecular formula is C11H7F3N6. The topological polar surface area (TPSA) is 93.4 Å². The van der Waals surface area contributed by atoms with Crippen LogP contribution in [0.2, 0.25) is 0 Å². The van der Waals surface area contributed by atoms with Crippen LogP contribution < -0.4 is 5.73 Å². The lowest BCUT2D eigenvalue weighted by Crippen LogP contribution is -2.09. The average Bonchev–Trinajstić information content (AvgIpc) is 2.84. The Balaban J connectivity index is 2.34. The molecule has 3 rings (SSSR count). The molecule has 0 aliphatic heterocycles. The lowest BCUT2D eigenvalue weighted by atomic mass is 10.1. The number of nitrogens with one attached hydrogen (secondary N) is 1. The number of hydrogen-bond acceptors (Lipinski definition) is 5. The number of aromatic nitrogens is 5. The highest BCUT2D eigenvalue weighted by molar-refractivity contribution is 5.88. The number of hydrogen-bond donors (Lipinski definition) is 2. The molecule has 0 saturated carbocycles. The zero-order chi connectivity index (χ0) is 14.3. The number of aromatic amines is 1. The van der Waals surface area contributed by atoms with Crippen LogP contribution in [0.1, 0.15) is 5.56 Å². The minimum absolute atomic E-state index is 0.0189. The van der Waals surface area contributed by atoms with E-state index in [1.165, 1.54) is 6.33 Å². The van der Waals surface area contributed by atoms with Gasteiger partial charge in [0, 0.05) is 18.0 Å². The molecule has 0 unspecified atom stereocenters. The molecule has 0 amide bonds. The average molecular weight is 280 g/mol. The highest BCUT2D eigenvalue weighted by atomic mass is 19.4. The van der Waals surface area contributed by atoms with Crippen molar-refractivity contribution < 1.29 is 13.2 Å². The Morgan fingerprint density at radius 1 is 1.20 bits per heavy atom. The molecule has 0 aromatic carbocycles. The molecule has 102 valence electrons. The summed E-state index contributed by atoms with van der Waals surface area (Å²) in [5, 5.41) is 0. The number of imidazole rings is 1. The zero-order valence-corrected chi connectivity index (χ0v) is 9.81. The first-order valence-electron chi connectivity index (χ1n) is 5.45. The highest BCUT2D eigenvalue weighted by Crippen LogP contribution is 2.37. The van der Waals surface area contributed by atoms with Gasteiger partial charge in [-0.2, -0.15) is 18.2 Å². The number of alkyl halides is 3. The van der Waals surface area contributed by atoms with Gasteiger partial charge in [0.25, 0.3) is 0 Å². The van der Waals surface area contributed by atoms with Crippen LogP contribution in [0.15, 0.2) is 24.8 Å². The number of nitrogens with zero attached hydrogens (tertiary/aromatic N) is 4. The van der Waals surface area contributed by atoms with Crippen LogP contribution in [-0.4, -0.2) is 24.9 Å². The predicted octanol–water partition coefficient (Wildman–Crippen LogP) is 2.02. The van der Waals surface area contributed by atoms with Gasteiger partial charge in [-0.1, -0.05) is 0 Å². The predicted molar refractivity (Wildman–Crippen MR) is 64.3 cm³/mol. The maximum absolute atomic E-state index is 13.0. The van der Waals surface area contributed by atoms with Crippen LogP contribution >= 0.6 is 0 Å². The summed E-state index contributed by atoms with van der Waals surface area (Å²) < 4.78 is 39.1. The van der Waals surface area contributed by atoms with Crippen molar-refractivity contribution in [3.63, 3.8) is 0 Å². The molecule has 20 heavy (non-hydrogen) atoms. The Morgan fingerprint density at radius 2 is 2.00 bits per heavy atom. The van der Waals surface area contributed by atoms with E-state index in [0.717, 1.165) is 18.5 Å². The van der Waals surface area contributed by atoms with Crippen molar-refractivity contribution in [3.05, 3.63) is 30.4 Å². The molecule has 0 saturated heterocycles. The molecular weight excluding hydrogens is 273 g/mol. The normalized spacial score (nSPS) is 11.9. The van der Waals surface area contributed by atoms with Gasteiger partial charge in [0.15, 0.2) is 5.65 Å². The van der Waals surface area contributed by atoms with E-state index >= 15 is 0 Å². The number of nitrogen functional groups attached to an aromatic ring is 1. The summed E-state index contributed by atoms with van der Waals surface area (Å²) in [6, 6.07) is 0.885. The highest BCUT2D eigenvalue weighted by Gasteiger charge is 2.34. The summed E-state index contributed by atoms with van der Waals surface area (Å²) in [6.07, 6.45) is -1.05. The fourth-order valence-electron chi connectivity index (χ4n) is 1.88. The van der Waals surface area contributed by atoms with Crippen molar-refractivity contribution in [3.8, 4) is 11.3 Å². The first-order valence-corrected chi connectivity index (χ1v) is 5.45. The van der Waals surface area contributed by atoms with Crippen molar-refractivity contribution in [2.75, 3.05) is 5.73 Å². The van der Waals surface area contributed by atoms with Crippen LogP contribution in [0.25, 0.3) is 22.4 Å². The third-order valence-electron chi connectivity index (χ3n) is 2.68. The van der Waals surface area contributed by atoms with Gasteiger partial charge in [0.2, 0.25) is 5.95 Å². The van der Waals surface area contributed by atoms with Crippen molar-refractivity contribution >= 4 is 17.1 Å². The van der Waals surface area contributed by atoms with E-state index in [-0.39, 0.29) is 28.4 Å². The zero-order valence-electron chi connectivity index (χ0n) is 9.81. The van der Waals surface area contributed by atoms with E-state index in [2.05, 4.69) is 24.9 Å². The molecule has 3 aromatic rings. The Hall–Kier alpha value is -2.71. The maximum atomic E-state index is 13.0. The third kappa shape index (κ3) is 1.92. The fraction of sp³-hybridized carbons (Fsp3) is 0.0909. The number of anilines is 1. The van der Waals surface area contributed by atoms with Crippen LogP contribution in [-0.2, 0) is 6.18 Å². The molecule has 0 fully saturated rings. The van der Waals surface area contributed by atoms with E-state index in [1.54, 1.807) is 0 Å². The van der Waals surface area contributed by atoms with E-state index < -0.39 is 11.7 Å². The number of nitrogens with two attached hydrogens (primary N) is 1. The molecule has 0 spiro atoms. The van der Waals surface area contributed by atoms with Crippen molar-refractivity contribution in [2.24, 2.45) is 0 Å². The summed E-state index contributed by atoms with van der Waals surface area (Å²) in [6.45, 7) is 0. The molecule has 0 bridgehead atoms. The summed E-state index contributed by atoms with van der Waals surface area (Å²) in [4.78, 5) is 18.0. The van der Waals surface area contributed by atoms with Gasteiger partial charge in [-0.3, -0.25) is 4.98 Å². The number of halogens is 3. The quantitative estimate of drug-likeness (QED) is 0.711. The summed E-state index contributed by atoms with van der Waals surface area (Å²) in [5.41, 5.74) is 4.97. The number of fused-ring (bicyclic) bond motifs is 1. The molecule has 3 heterocycles. The summed E-state index contributed by atoms with van der Waals surface area (Å²) >= 11 is 0. The molecule has 3 aromatic heterocycles. The Kier molecular flexibility index (Phi) is 2.56. The van der Waals surface area contributed by atoms with E-state index in [4.69, 9.17) is 5.73 Å². The monoisotopic (exact) mass is 280 g/mol. The minimum atomic E-state index is -4.52. The molecule has 9 heteroatoms. The number of H-pyrrole nitrogens is 1. The van der Waals surface area contributed by atoms with E-state index in [0.29, 0.717) is 0 Å². The second-order valence-corrected chi connectivity index (χ2v) is 3.95. The van der Waals surface area contributed by atoms with Crippen molar-refractivity contribution in [1.82, 2.24) is 24.9 Å². The fourth-order valence-corrected chi connectivity index (χ4v) is 1.88. The number of pyridine rings is 1. The maximum Gasteiger partial charge on any atom is 0.417 e. The van der Waals surface area contributed by atoms with Gasteiger partial charge < -0.3 is 10.7 Å². The van der Waals surface area contributed by atoms with Gasteiger partial charge in [-0.25, -0.2) is 9.97 Å². The molecule has 0 radical (unpaired) electrons. The molecule has 0 aliphatic rings. The number of rotatable bonds is 1. The molecule has 3 N–H and O–H groups in total. The largest absolute Gasteiger partial charge is 0.417 e. The Morgan fingerprint density at radius 3 is 2.75 bits per heavy atom. The first kappa shape index (κ1) is 12.3. The second kappa shape index (κ2) is 4.15. The lowest BCUT2D eigenvalue weighted by Gasteiger charge is -2.12. The minimum Gasteiger partial charge on any atom is -0.368 e. The van der Waals surface area contributed by atoms with Gasteiger partial charge in [-0.15, -0.1) is 0 Å². The van der Waals surface area contributed by atoms with Gasteiger partial charge in [-0.05, 0) is 6.07 Å². The van der Waals surface area contributed by atoms with Crippen LogP contribution in [0, 0.1) is 0 Å². The SMILES string of the molecule is Nc1nc(-c2cnccc2C(F)(F)F)c2[nH]cnc2n1. The van der Waals surface area contributed by atoms with Gasteiger partial charge in [0.1, 0.15) is 11.2 Å². The van der Waals surface area contributed by atoms with Crippen LogP contribution in [0.4, 0.5) is 19.1 Å². The van der Waals surface area contributed by atoms with Crippen LogP contribution in [0.3, 0.4) is 0 Å². The molecule has 6 nitrogen and oxygen atoms in total. The molecule has 0 atom stereocenters. The second-order valence-electron chi connectivity index (χ2n) is 3.95. The smallest absolute Gasteiger partial charge is 0.368 e. The third-order valence-corrected chi connectivity index (χ3v) is 2.68. The van der Waals surface area contributed by atoms with E-state index in [1.807, 2.05) is 0 Å². The standard InChI is InChI=1S/C11H7F3N6/c12-11(13,14)6-1-2-16-3-5(6)7-8-9(18-4-17-8)20-10(15)19-7/h1-4H,(H3,15,17,18,19,20). The molecule has 0 aliphatic carbocycles. The van der Waals surface area contributed by atoms with E-state index in [9.17, 15) is 13.2 Å². The Labute approximate surface area is 109 Å². The van der Waals surface area contributed by atoms with Gasteiger partial charge in [0.05, 0.1) is 11.9 Å². The van der Waals surface area contributed by atoms with Crippen LogP contribution in [0.5, 0.6) is 0 Å².